The van der Waals surface area contributed by atoms with Crippen molar-refractivity contribution in [2.45, 2.75) is 12.6 Å². The molecule has 2 aromatic carbocycles. The first kappa shape index (κ1) is 19.9. The molecular weight excluding hydrogens is 391 g/mol. The minimum absolute atomic E-state index is 0.135. The Morgan fingerprint density at radius 2 is 1.85 bits per heavy atom. The minimum atomic E-state index is -4.36. The van der Waals surface area contributed by atoms with Crippen molar-refractivity contribution in [1.82, 2.24) is 5.32 Å². The van der Waals surface area contributed by atoms with Gasteiger partial charge in [0.1, 0.15) is 0 Å². The molecule has 26 heavy (non-hydrogen) atoms. The maximum Gasteiger partial charge on any atom is 0.416 e. The highest BCUT2D eigenvalue weighted by atomic mass is 35.5. The monoisotopic (exact) mass is 403 g/mol. The molecular formula is C16H13ClF3N3O2S. The van der Waals surface area contributed by atoms with Crippen molar-refractivity contribution >= 4 is 40.3 Å². The Morgan fingerprint density at radius 3 is 2.42 bits per heavy atom. The number of rotatable bonds is 5. The summed E-state index contributed by atoms with van der Waals surface area (Å²) in [7, 11) is 0. The molecule has 0 saturated carbocycles. The van der Waals surface area contributed by atoms with E-state index in [0.29, 0.717) is 18.5 Å². The van der Waals surface area contributed by atoms with E-state index in [2.05, 4.69) is 10.6 Å². The fourth-order valence-electron chi connectivity index (χ4n) is 2.07. The summed E-state index contributed by atoms with van der Waals surface area (Å²) in [6, 6.07) is 8.76. The number of nitrogens with zero attached hydrogens (tertiary/aromatic N) is 1. The van der Waals surface area contributed by atoms with Gasteiger partial charge >= 0.3 is 6.18 Å². The number of halogens is 4. The van der Waals surface area contributed by atoms with E-state index in [0.717, 1.165) is 12.1 Å². The number of benzene rings is 2. The second kappa shape index (κ2) is 8.33. The van der Waals surface area contributed by atoms with Gasteiger partial charge in [-0.1, -0.05) is 23.7 Å². The van der Waals surface area contributed by atoms with Gasteiger partial charge in [-0.15, -0.1) is 0 Å². The highest BCUT2D eigenvalue weighted by Crippen LogP contribution is 2.29. The van der Waals surface area contributed by atoms with E-state index in [1.165, 1.54) is 30.3 Å². The van der Waals surface area contributed by atoms with Crippen molar-refractivity contribution in [1.29, 1.82) is 0 Å². The molecule has 138 valence electrons. The molecule has 0 atom stereocenters. The molecule has 5 nitrogen and oxygen atoms in total. The van der Waals surface area contributed by atoms with Crippen molar-refractivity contribution in [3.05, 3.63) is 68.7 Å². The highest BCUT2D eigenvalue weighted by Gasteiger charge is 2.29. The number of nitro groups is 1. The molecule has 0 aliphatic heterocycles. The molecule has 10 heteroatoms. The van der Waals surface area contributed by atoms with Crippen LogP contribution in [0, 0.1) is 10.1 Å². The number of non-ortho nitro benzene ring substituents is 1. The molecule has 2 aromatic rings. The van der Waals surface area contributed by atoms with Crippen LogP contribution >= 0.6 is 23.8 Å². The summed E-state index contributed by atoms with van der Waals surface area (Å²) in [6.45, 7) is 0.365. The average Bonchev–Trinajstić information content (AvgIpc) is 2.56. The topological polar surface area (TPSA) is 67.2 Å². The number of anilines is 1. The first-order valence-corrected chi connectivity index (χ1v) is 8.10. The standard InChI is InChI=1S/C16H13ClF3N3O2S/c17-13-6-5-12(23(24)25)9-14(13)22-15(26)21-8-7-10-1-3-11(4-2-10)16(18,19)20/h1-6,9H,7-8H2,(H2,21,22,26). The third kappa shape index (κ3) is 5.57. The van der Waals surface area contributed by atoms with Crippen molar-refractivity contribution in [3.8, 4) is 0 Å². The van der Waals surface area contributed by atoms with Crippen LogP contribution in [0.4, 0.5) is 24.5 Å². The molecule has 0 saturated heterocycles. The van der Waals surface area contributed by atoms with Crippen molar-refractivity contribution in [2.75, 3.05) is 11.9 Å². The second-order valence-corrected chi connectivity index (χ2v) is 6.06. The Morgan fingerprint density at radius 1 is 1.19 bits per heavy atom. The van der Waals surface area contributed by atoms with Gasteiger partial charge in [-0.3, -0.25) is 10.1 Å². The smallest absolute Gasteiger partial charge is 0.362 e. The molecule has 2 rings (SSSR count). The number of hydrogen-bond donors (Lipinski definition) is 2. The largest absolute Gasteiger partial charge is 0.416 e. The van der Waals surface area contributed by atoms with Crippen LogP contribution in [-0.4, -0.2) is 16.6 Å². The number of thiocarbonyl (C=S) groups is 1. The van der Waals surface area contributed by atoms with Gasteiger partial charge in [0.05, 0.1) is 21.2 Å². The molecule has 0 unspecified atom stereocenters. The van der Waals surface area contributed by atoms with Crippen molar-refractivity contribution in [2.24, 2.45) is 0 Å². The number of hydrogen-bond acceptors (Lipinski definition) is 3. The molecule has 0 fully saturated rings. The lowest BCUT2D eigenvalue weighted by molar-refractivity contribution is -0.384. The minimum Gasteiger partial charge on any atom is -0.362 e. The molecule has 0 amide bonds. The fourth-order valence-corrected chi connectivity index (χ4v) is 2.45. The summed E-state index contributed by atoms with van der Waals surface area (Å²) in [5.41, 5.74) is 0.158. The maximum absolute atomic E-state index is 12.5. The van der Waals surface area contributed by atoms with Gasteiger partial charge < -0.3 is 10.6 Å². The van der Waals surface area contributed by atoms with Crippen LogP contribution in [0.5, 0.6) is 0 Å². The van der Waals surface area contributed by atoms with Crippen LogP contribution in [0.25, 0.3) is 0 Å². The predicted octanol–water partition coefficient (Wildman–Crippen LogP) is 4.80. The van der Waals surface area contributed by atoms with E-state index in [9.17, 15) is 23.3 Å². The zero-order chi connectivity index (χ0) is 19.3. The van der Waals surface area contributed by atoms with Gasteiger partial charge in [-0.25, -0.2) is 0 Å². The summed E-state index contributed by atoms with van der Waals surface area (Å²) in [4.78, 5) is 10.2. The molecule has 0 bridgehead atoms. The van der Waals surface area contributed by atoms with Gasteiger partial charge in [0.15, 0.2) is 5.11 Å². The van der Waals surface area contributed by atoms with E-state index in [-0.39, 0.29) is 21.5 Å². The summed E-state index contributed by atoms with van der Waals surface area (Å²) in [5.74, 6) is 0. The summed E-state index contributed by atoms with van der Waals surface area (Å²) >= 11 is 11.1. The fraction of sp³-hybridized carbons (Fsp3) is 0.188. The molecule has 0 spiro atoms. The second-order valence-electron chi connectivity index (χ2n) is 5.25. The third-order valence-electron chi connectivity index (χ3n) is 3.39. The first-order chi connectivity index (χ1) is 12.2. The Bertz CT molecular complexity index is 813. The lowest BCUT2D eigenvalue weighted by Crippen LogP contribution is -2.30. The van der Waals surface area contributed by atoms with Crippen LogP contribution < -0.4 is 10.6 Å². The SMILES string of the molecule is O=[N+]([O-])c1ccc(Cl)c(NC(=S)NCCc2ccc(C(F)(F)F)cc2)c1. The molecule has 0 aliphatic carbocycles. The summed E-state index contributed by atoms with van der Waals surface area (Å²) in [5, 5.41) is 16.9. The number of alkyl halides is 3. The lowest BCUT2D eigenvalue weighted by atomic mass is 10.1. The summed E-state index contributed by atoms with van der Waals surface area (Å²) in [6.07, 6.45) is -3.91. The van der Waals surface area contributed by atoms with E-state index in [1.54, 1.807) is 0 Å². The Hall–Kier alpha value is -2.39. The van der Waals surface area contributed by atoms with Crippen LogP contribution in [0.2, 0.25) is 5.02 Å². The Labute approximate surface area is 157 Å². The zero-order valence-electron chi connectivity index (χ0n) is 13.1. The van der Waals surface area contributed by atoms with Crippen LogP contribution in [0.3, 0.4) is 0 Å². The van der Waals surface area contributed by atoms with Gasteiger partial charge in [0.2, 0.25) is 0 Å². The average molecular weight is 404 g/mol. The van der Waals surface area contributed by atoms with Crippen molar-refractivity contribution in [3.63, 3.8) is 0 Å². The zero-order valence-corrected chi connectivity index (χ0v) is 14.7. The van der Waals surface area contributed by atoms with Crippen molar-refractivity contribution < 1.29 is 18.1 Å². The van der Waals surface area contributed by atoms with E-state index >= 15 is 0 Å². The van der Waals surface area contributed by atoms with Gasteiger partial charge in [-0.2, -0.15) is 13.2 Å². The molecule has 0 radical (unpaired) electrons. The maximum atomic E-state index is 12.5. The van der Waals surface area contributed by atoms with Gasteiger partial charge in [0.25, 0.3) is 5.69 Å². The van der Waals surface area contributed by atoms with E-state index in [1.807, 2.05) is 0 Å². The van der Waals surface area contributed by atoms with E-state index in [4.69, 9.17) is 23.8 Å². The van der Waals surface area contributed by atoms with Crippen LogP contribution in [-0.2, 0) is 12.6 Å². The molecule has 0 heterocycles. The molecule has 0 aliphatic rings. The molecule has 2 N–H and O–H groups in total. The Kier molecular flexibility index (Phi) is 6.38. The Balaban J connectivity index is 1.88. The first-order valence-electron chi connectivity index (χ1n) is 7.32. The number of nitro benzene ring substituents is 1. The van der Waals surface area contributed by atoms with Crippen LogP contribution in [0.1, 0.15) is 11.1 Å². The van der Waals surface area contributed by atoms with Crippen LogP contribution in [0.15, 0.2) is 42.5 Å². The quantitative estimate of drug-likeness (QED) is 0.426. The van der Waals surface area contributed by atoms with Gasteiger partial charge in [0, 0.05) is 18.7 Å². The number of nitrogens with one attached hydrogen (secondary N) is 2. The van der Waals surface area contributed by atoms with E-state index < -0.39 is 16.7 Å². The normalized spacial score (nSPS) is 11.1. The van der Waals surface area contributed by atoms with Gasteiger partial charge in [-0.05, 0) is 42.4 Å². The predicted molar refractivity (Wildman–Crippen MR) is 97.5 cm³/mol. The third-order valence-corrected chi connectivity index (χ3v) is 3.97. The highest BCUT2D eigenvalue weighted by molar-refractivity contribution is 7.80. The summed E-state index contributed by atoms with van der Waals surface area (Å²) < 4.78 is 37.5. The molecule has 0 aromatic heterocycles. The lowest BCUT2D eigenvalue weighted by Gasteiger charge is -2.12.